The predicted molar refractivity (Wildman–Crippen MR) is 151 cm³/mol. The summed E-state index contributed by atoms with van der Waals surface area (Å²) in [5.74, 6) is 0. The molecule has 38 heavy (non-hydrogen) atoms. The molecule has 0 spiro atoms. The van der Waals surface area contributed by atoms with E-state index in [4.69, 9.17) is 4.98 Å². The molecule has 5 aromatic rings. The Hall–Kier alpha value is -3.46. The molecule has 2 aromatic carbocycles. The largest absolute Gasteiger partial charge is 0.305 e. The van der Waals surface area contributed by atoms with Gasteiger partial charge >= 0.3 is 0 Å². The molecule has 0 aliphatic heterocycles. The van der Waals surface area contributed by atoms with Gasteiger partial charge in [-0.1, -0.05) is 63.1 Å². The molecule has 3 heterocycles. The van der Waals surface area contributed by atoms with Gasteiger partial charge in [-0.25, -0.2) is 0 Å². The van der Waals surface area contributed by atoms with E-state index in [-0.39, 0.29) is 30.9 Å². The van der Waals surface area contributed by atoms with Crippen molar-refractivity contribution in [2.24, 2.45) is 0 Å². The van der Waals surface area contributed by atoms with Crippen molar-refractivity contribution in [1.82, 2.24) is 15.0 Å². The summed E-state index contributed by atoms with van der Waals surface area (Å²) in [5, 5.41) is 0. The Kier molecular flexibility index (Phi) is 8.06. The second kappa shape index (κ2) is 11.1. The smallest absolute Gasteiger partial charge is 0.0522 e. The third kappa shape index (κ3) is 5.12. The van der Waals surface area contributed by atoms with E-state index in [0.29, 0.717) is 0 Å². The Morgan fingerprint density at radius 2 is 1.39 bits per heavy atom. The number of aryl methyl sites for hydroxylation is 1. The first-order valence-electron chi connectivity index (χ1n) is 12.6. The van der Waals surface area contributed by atoms with E-state index >= 15 is 0 Å². The van der Waals surface area contributed by atoms with Gasteiger partial charge in [0.1, 0.15) is 0 Å². The van der Waals surface area contributed by atoms with Gasteiger partial charge in [0.15, 0.2) is 0 Å². The summed E-state index contributed by atoms with van der Waals surface area (Å²) in [5.41, 5.74) is 10.1. The molecule has 0 amide bonds. The summed E-state index contributed by atoms with van der Waals surface area (Å²) >= 11 is 0. The third-order valence-electron chi connectivity index (χ3n) is 7.72. The Bertz CT molecular complexity index is 1530. The molecule has 193 valence electrons. The Morgan fingerprint density at radius 1 is 0.632 bits per heavy atom. The van der Waals surface area contributed by atoms with Gasteiger partial charge in [0.2, 0.25) is 0 Å². The van der Waals surface area contributed by atoms with Crippen LogP contribution in [0.1, 0.15) is 44.5 Å². The first-order chi connectivity index (χ1) is 17.8. The van der Waals surface area contributed by atoms with Crippen LogP contribution < -0.4 is 0 Å². The third-order valence-corrected chi connectivity index (χ3v) is 7.72. The van der Waals surface area contributed by atoms with E-state index in [2.05, 4.69) is 81.0 Å². The van der Waals surface area contributed by atoms with Crippen LogP contribution in [-0.4, -0.2) is 15.0 Å². The van der Waals surface area contributed by atoms with Crippen LogP contribution >= 0.6 is 0 Å². The maximum absolute atomic E-state index is 4.74. The number of benzene rings is 2. The molecule has 4 heteroatoms. The fraction of sp³-hybridized carbons (Fsp3) is 0.206. The van der Waals surface area contributed by atoms with Crippen LogP contribution in [0.2, 0.25) is 0 Å². The second-order valence-corrected chi connectivity index (χ2v) is 10.5. The summed E-state index contributed by atoms with van der Waals surface area (Å²) in [6, 6.07) is 33.1. The van der Waals surface area contributed by atoms with Crippen LogP contribution in [0.4, 0.5) is 0 Å². The molecule has 0 saturated heterocycles. The number of hydrogen-bond donors (Lipinski definition) is 0. The van der Waals surface area contributed by atoms with Gasteiger partial charge in [-0.15, -0.1) is 65.2 Å². The summed E-state index contributed by atoms with van der Waals surface area (Å²) in [4.78, 5) is 13.5. The molecule has 3 aromatic heterocycles. The van der Waals surface area contributed by atoms with E-state index in [1.165, 1.54) is 27.9 Å². The van der Waals surface area contributed by atoms with E-state index in [1.54, 1.807) is 0 Å². The van der Waals surface area contributed by atoms with Crippen LogP contribution in [0.5, 0.6) is 0 Å². The van der Waals surface area contributed by atoms with Crippen molar-refractivity contribution in [2.75, 3.05) is 0 Å². The molecule has 0 saturated carbocycles. The Morgan fingerprint density at radius 3 is 2.11 bits per heavy atom. The molecule has 1 aliphatic rings. The van der Waals surface area contributed by atoms with Crippen LogP contribution in [0.15, 0.2) is 97.5 Å². The zero-order valence-corrected chi connectivity index (χ0v) is 24.8. The first-order valence-corrected chi connectivity index (χ1v) is 12.6. The molecule has 0 atom stereocenters. The number of nitrogens with zero attached hydrogens (tertiary/aromatic N) is 3. The summed E-state index contributed by atoms with van der Waals surface area (Å²) in [7, 11) is 0. The molecule has 0 fully saturated rings. The number of rotatable bonds is 2. The minimum atomic E-state index is -0.0447. The first kappa shape index (κ1) is 27.6. The Labute approximate surface area is 239 Å². The van der Waals surface area contributed by atoms with E-state index in [1.807, 2.05) is 73.2 Å². The number of fused-ring (bicyclic) bond motifs is 3. The average Bonchev–Trinajstić information content (AvgIpc) is 2.93. The zero-order valence-electron chi connectivity index (χ0n) is 22.4. The predicted octanol–water partition coefficient (Wildman–Crippen LogP) is 8.03. The van der Waals surface area contributed by atoms with Crippen LogP contribution in [-0.2, 0) is 30.9 Å². The van der Waals surface area contributed by atoms with Crippen LogP contribution in [0.25, 0.3) is 33.6 Å². The van der Waals surface area contributed by atoms with Crippen molar-refractivity contribution in [3.8, 4) is 33.6 Å². The number of hydrogen-bond acceptors (Lipinski definition) is 3. The fourth-order valence-corrected chi connectivity index (χ4v) is 4.89. The topological polar surface area (TPSA) is 38.7 Å². The van der Waals surface area contributed by atoms with Gasteiger partial charge in [-0.3, -0.25) is 4.98 Å². The van der Waals surface area contributed by atoms with E-state index in [9.17, 15) is 0 Å². The van der Waals surface area contributed by atoms with Crippen molar-refractivity contribution in [1.29, 1.82) is 0 Å². The summed E-state index contributed by atoms with van der Waals surface area (Å²) < 4.78 is 0. The maximum Gasteiger partial charge on any atom is 0.0522 e. The molecule has 1 aliphatic carbocycles. The van der Waals surface area contributed by atoms with Gasteiger partial charge in [0.25, 0.3) is 0 Å². The second-order valence-electron chi connectivity index (χ2n) is 10.5. The molecular formula is C34H31IrN3-2. The van der Waals surface area contributed by atoms with Crippen molar-refractivity contribution in [3.63, 3.8) is 0 Å². The molecule has 1 radical (unpaired) electrons. The van der Waals surface area contributed by atoms with Crippen molar-refractivity contribution >= 4 is 0 Å². The minimum absolute atomic E-state index is 0. The van der Waals surface area contributed by atoms with Crippen molar-refractivity contribution in [2.45, 2.75) is 45.4 Å². The Balaban J connectivity index is 0.000000204. The molecular weight excluding hydrogens is 643 g/mol. The van der Waals surface area contributed by atoms with Crippen LogP contribution in [0.3, 0.4) is 0 Å². The van der Waals surface area contributed by atoms with E-state index in [0.717, 1.165) is 22.5 Å². The number of aromatic nitrogens is 3. The normalized spacial score (nSPS) is 14.1. The van der Waals surface area contributed by atoms with Gasteiger partial charge < -0.3 is 9.97 Å². The van der Waals surface area contributed by atoms with Crippen molar-refractivity contribution in [3.05, 3.63) is 126 Å². The maximum atomic E-state index is 4.74. The van der Waals surface area contributed by atoms with E-state index < -0.39 is 0 Å². The minimum Gasteiger partial charge on any atom is -0.305 e. The van der Waals surface area contributed by atoms with Gasteiger partial charge in [-0.05, 0) is 47.5 Å². The molecule has 0 unspecified atom stereocenters. The number of pyridine rings is 3. The summed E-state index contributed by atoms with van der Waals surface area (Å²) in [6.45, 7) is 11.2. The van der Waals surface area contributed by atoms with Gasteiger partial charge in [0.05, 0.1) is 5.69 Å². The summed E-state index contributed by atoms with van der Waals surface area (Å²) in [6.07, 6.45) is 5.55. The molecule has 3 nitrogen and oxygen atoms in total. The zero-order chi connectivity index (χ0) is 26.0. The quantitative estimate of drug-likeness (QED) is 0.178. The molecule has 0 N–H and O–H groups in total. The molecule has 6 rings (SSSR count). The monoisotopic (exact) mass is 674 g/mol. The SMILES string of the molecule is CC1(C)c2c[c-]c(-c3ccccn3)cc2-c2cccnc2C1(C)C.Cc1ccnc(-c2[c-]cccc2)c1.[Ir]. The molecule has 0 bridgehead atoms. The van der Waals surface area contributed by atoms with Crippen LogP contribution in [0, 0.1) is 19.1 Å². The van der Waals surface area contributed by atoms with Crippen molar-refractivity contribution < 1.29 is 20.1 Å². The average molecular weight is 674 g/mol. The van der Waals surface area contributed by atoms with Gasteiger partial charge in [-0.2, -0.15) is 0 Å². The fourth-order valence-electron chi connectivity index (χ4n) is 4.89. The van der Waals surface area contributed by atoms with Gasteiger partial charge in [0, 0.05) is 44.1 Å². The standard InChI is InChI=1S/C22H21N2.C12H10N.Ir/c1-21(2)18-11-10-15(19-9-5-6-12-23-19)14-17(18)16-8-7-13-24-20(16)22(21,3)4;1-10-7-8-13-12(9-10)11-5-3-2-4-6-11;/h5-9,11-14H,1-4H3;2-5,7-9H,1H3;/q2*-1;.